The van der Waals surface area contributed by atoms with Gasteiger partial charge in [-0.05, 0) is 30.3 Å². The summed E-state index contributed by atoms with van der Waals surface area (Å²) in [5.74, 6) is -1.26. The SMILES string of the molecule is CC(=O)Nc1ccc(F)c(NC(=O)c2cccn2C)c1. The first kappa shape index (κ1) is 13.8. The first-order valence-corrected chi connectivity index (χ1v) is 5.97. The molecule has 2 aromatic rings. The van der Waals surface area contributed by atoms with Crippen molar-refractivity contribution in [1.29, 1.82) is 0 Å². The Bertz CT molecular complexity index is 664. The van der Waals surface area contributed by atoms with E-state index in [0.717, 1.165) is 0 Å². The number of aromatic nitrogens is 1. The van der Waals surface area contributed by atoms with Crippen molar-refractivity contribution >= 4 is 23.2 Å². The Labute approximate surface area is 115 Å². The van der Waals surface area contributed by atoms with Crippen molar-refractivity contribution in [3.8, 4) is 0 Å². The van der Waals surface area contributed by atoms with Crippen LogP contribution in [0, 0.1) is 5.82 Å². The van der Waals surface area contributed by atoms with Crippen LogP contribution in [0.25, 0.3) is 0 Å². The van der Waals surface area contributed by atoms with Gasteiger partial charge in [0, 0.05) is 25.9 Å². The van der Waals surface area contributed by atoms with Crippen molar-refractivity contribution < 1.29 is 14.0 Å². The van der Waals surface area contributed by atoms with E-state index >= 15 is 0 Å². The lowest BCUT2D eigenvalue weighted by Gasteiger charge is -2.09. The van der Waals surface area contributed by atoms with Crippen LogP contribution in [-0.2, 0) is 11.8 Å². The molecule has 104 valence electrons. The summed E-state index contributed by atoms with van der Waals surface area (Å²) in [4.78, 5) is 23.0. The minimum absolute atomic E-state index is 0.0162. The number of nitrogens with one attached hydrogen (secondary N) is 2. The fourth-order valence-corrected chi connectivity index (χ4v) is 1.79. The average molecular weight is 275 g/mol. The van der Waals surface area contributed by atoms with Crippen LogP contribution in [0.1, 0.15) is 17.4 Å². The van der Waals surface area contributed by atoms with Crippen LogP contribution in [0.4, 0.5) is 15.8 Å². The van der Waals surface area contributed by atoms with Crippen LogP contribution in [-0.4, -0.2) is 16.4 Å². The molecule has 0 aliphatic rings. The molecule has 0 saturated heterocycles. The minimum Gasteiger partial charge on any atom is -0.347 e. The topological polar surface area (TPSA) is 63.1 Å². The number of hydrogen-bond donors (Lipinski definition) is 2. The summed E-state index contributed by atoms with van der Waals surface area (Å²) in [5.41, 5.74) is 0.845. The van der Waals surface area contributed by atoms with Crippen LogP contribution in [0.2, 0.25) is 0 Å². The second kappa shape index (κ2) is 5.56. The lowest BCUT2D eigenvalue weighted by molar-refractivity contribution is -0.114. The van der Waals surface area contributed by atoms with E-state index in [0.29, 0.717) is 11.4 Å². The molecule has 2 rings (SSSR count). The van der Waals surface area contributed by atoms with Crippen molar-refractivity contribution in [3.63, 3.8) is 0 Å². The van der Waals surface area contributed by atoms with Gasteiger partial charge in [-0.15, -0.1) is 0 Å². The molecule has 1 heterocycles. The number of amides is 2. The van der Waals surface area contributed by atoms with Gasteiger partial charge in [-0.3, -0.25) is 9.59 Å². The number of hydrogen-bond acceptors (Lipinski definition) is 2. The van der Waals surface area contributed by atoms with Gasteiger partial charge in [0.05, 0.1) is 5.69 Å². The molecular formula is C14H14FN3O2. The zero-order valence-electron chi connectivity index (χ0n) is 11.1. The molecule has 0 atom stereocenters. The number of carbonyl (C=O) groups is 2. The molecule has 1 aromatic carbocycles. The third kappa shape index (κ3) is 3.03. The Morgan fingerprint density at radius 3 is 2.55 bits per heavy atom. The molecule has 0 saturated carbocycles. The van der Waals surface area contributed by atoms with Crippen molar-refractivity contribution in [2.45, 2.75) is 6.92 Å². The van der Waals surface area contributed by atoms with Gasteiger partial charge in [0.25, 0.3) is 5.91 Å². The lowest BCUT2D eigenvalue weighted by atomic mass is 10.2. The summed E-state index contributed by atoms with van der Waals surface area (Å²) < 4.78 is 15.3. The molecular weight excluding hydrogens is 261 g/mol. The van der Waals surface area contributed by atoms with Crippen LogP contribution >= 0.6 is 0 Å². The van der Waals surface area contributed by atoms with E-state index in [1.165, 1.54) is 25.1 Å². The quantitative estimate of drug-likeness (QED) is 0.903. The molecule has 0 bridgehead atoms. The standard InChI is InChI=1S/C14H14FN3O2/c1-9(19)16-10-5-6-11(15)12(8-10)17-14(20)13-4-3-7-18(13)2/h3-8H,1-2H3,(H,16,19)(H,17,20). The molecule has 6 heteroatoms. The molecule has 2 amide bonds. The maximum Gasteiger partial charge on any atom is 0.272 e. The molecule has 20 heavy (non-hydrogen) atoms. The predicted molar refractivity (Wildman–Crippen MR) is 74.1 cm³/mol. The van der Waals surface area contributed by atoms with Gasteiger partial charge in [-0.1, -0.05) is 0 Å². The first-order chi connectivity index (χ1) is 9.47. The second-order valence-corrected chi connectivity index (χ2v) is 4.33. The van der Waals surface area contributed by atoms with E-state index in [2.05, 4.69) is 10.6 Å². The van der Waals surface area contributed by atoms with Crippen molar-refractivity contribution in [1.82, 2.24) is 4.57 Å². The van der Waals surface area contributed by atoms with E-state index in [9.17, 15) is 14.0 Å². The highest BCUT2D eigenvalue weighted by molar-refractivity contribution is 6.03. The molecule has 0 fully saturated rings. The summed E-state index contributed by atoms with van der Waals surface area (Å²) in [5, 5.41) is 5.01. The third-order valence-electron chi connectivity index (χ3n) is 2.71. The largest absolute Gasteiger partial charge is 0.347 e. The Morgan fingerprint density at radius 2 is 1.95 bits per heavy atom. The van der Waals surface area contributed by atoms with E-state index in [1.54, 1.807) is 29.9 Å². The van der Waals surface area contributed by atoms with E-state index in [4.69, 9.17) is 0 Å². The molecule has 5 nitrogen and oxygen atoms in total. The summed E-state index contributed by atoms with van der Waals surface area (Å²) in [6, 6.07) is 7.34. The van der Waals surface area contributed by atoms with Crippen molar-refractivity contribution in [2.24, 2.45) is 7.05 Å². The zero-order chi connectivity index (χ0) is 14.7. The number of rotatable bonds is 3. The van der Waals surface area contributed by atoms with E-state index in [1.807, 2.05) is 0 Å². The van der Waals surface area contributed by atoms with Gasteiger partial charge in [-0.2, -0.15) is 0 Å². The molecule has 2 N–H and O–H groups in total. The fraction of sp³-hybridized carbons (Fsp3) is 0.143. The molecule has 0 aliphatic heterocycles. The Kier molecular flexibility index (Phi) is 3.84. The first-order valence-electron chi connectivity index (χ1n) is 5.97. The highest BCUT2D eigenvalue weighted by atomic mass is 19.1. The normalized spacial score (nSPS) is 10.2. The molecule has 0 spiro atoms. The van der Waals surface area contributed by atoms with Crippen LogP contribution in [0.3, 0.4) is 0 Å². The van der Waals surface area contributed by atoms with Crippen LogP contribution < -0.4 is 10.6 Å². The predicted octanol–water partition coefficient (Wildman–Crippen LogP) is 2.37. The van der Waals surface area contributed by atoms with Crippen molar-refractivity contribution in [3.05, 3.63) is 48.0 Å². The van der Waals surface area contributed by atoms with Gasteiger partial charge in [0.2, 0.25) is 5.91 Å². The van der Waals surface area contributed by atoms with E-state index in [-0.39, 0.29) is 11.6 Å². The minimum atomic E-state index is -0.568. The van der Waals surface area contributed by atoms with Gasteiger partial charge in [-0.25, -0.2) is 4.39 Å². The summed E-state index contributed by atoms with van der Waals surface area (Å²) >= 11 is 0. The summed E-state index contributed by atoms with van der Waals surface area (Å²) in [6.07, 6.45) is 1.72. The fourth-order valence-electron chi connectivity index (χ4n) is 1.79. The zero-order valence-corrected chi connectivity index (χ0v) is 11.1. The molecule has 1 aromatic heterocycles. The average Bonchev–Trinajstić information content (AvgIpc) is 2.79. The number of carbonyl (C=O) groups excluding carboxylic acids is 2. The molecule has 0 radical (unpaired) electrons. The third-order valence-corrected chi connectivity index (χ3v) is 2.71. The Hall–Kier alpha value is -2.63. The van der Waals surface area contributed by atoms with Crippen molar-refractivity contribution in [2.75, 3.05) is 10.6 Å². The van der Waals surface area contributed by atoms with Crippen LogP contribution in [0.5, 0.6) is 0 Å². The number of anilines is 2. The second-order valence-electron chi connectivity index (χ2n) is 4.33. The highest BCUT2D eigenvalue weighted by Crippen LogP contribution is 2.20. The van der Waals surface area contributed by atoms with Gasteiger partial charge >= 0.3 is 0 Å². The maximum atomic E-state index is 13.7. The van der Waals surface area contributed by atoms with Gasteiger partial charge in [0.1, 0.15) is 11.5 Å². The molecule has 0 unspecified atom stereocenters. The van der Waals surface area contributed by atoms with Gasteiger partial charge < -0.3 is 15.2 Å². The van der Waals surface area contributed by atoms with E-state index < -0.39 is 11.7 Å². The highest BCUT2D eigenvalue weighted by Gasteiger charge is 2.12. The number of halogens is 1. The summed E-state index contributed by atoms with van der Waals surface area (Å²) in [6.45, 7) is 1.35. The van der Waals surface area contributed by atoms with Gasteiger partial charge in [0.15, 0.2) is 0 Å². The maximum absolute atomic E-state index is 13.7. The van der Waals surface area contributed by atoms with Crippen LogP contribution in [0.15, 0.2) is 36.5 Å². The monoisotopic (exact) mass is 275 g/mol. The number of benzene rings is 1. The lowest BCUT2D eigenvalue weighted by Crippen LogP contribution is -2.16. The number of nitrogens with zero attached hydrogens (tertiary/aromatic N) is 1. The molecule has 0 aliphatic carbocycles. The Balaban J connectivity index is 2.22. The number of aryl methyl sites for hydroxylation is 1. The Morgan fingerprint density at radius 1 is 1.20 bits per heavy atom. The summed E-state index contributed by atoms with van der Waals surface area (Å²) in [7, 11) is 1.72. The smallest absolute Gasteiger partial charge is 0.272 e.